The van der Waals surface area contributed by atoms with E-state index >= 15 is 0 Å². The van der Waals surface area contributed by atoms with Crippen molar-refractivity contribution in [2.24, 2.45) is 23.3 Å². The van der Waals surface area contributed by atoms with E-state index in [1.807, 2.05) is 0 Å². The van der Waals surface area contributed by atoms with Crippen molar-refractivity contribution in [2.45, 2.75) is 39.5 Å². The minimum Gasteiger partial charge on any atom is -0.379 e. The predicted octanol–water partition coefficient (Wildman–Crippen LogP) is 0.273. The van der Waals surface area contributed by atoms with Crippen LogP contribution in [-0.4, -0.2) is 17.4 Å². The highest BCUT2D eigenvalue weighted by Crippen LogP contribution is 2.15. The van der Waals surface area contributed by atoms with E-state index in [1.54, 1.807) is 0 Å². The molecule has 0 saturated carbocycles. The second-order valence-electron chi connectivity index (χ2n) is 3.57. The average molecular weight is 160 g/mol. The molecule has 0 aliphatic rings. The largest absolute Gasteiger partial charge is 0.379 e. The molecule has 0 saturated heterocycles. The van der Waals surface area contributed by atoms with E-state index in [-0.39, 0.29) is 6.04 Å². The van der Waals surface area contributed by atoms with Gasteiger partial charge in [0.05, 0.1) is 0 Å². The molecule has 3 atom stereocenters. The van der Waals surface area contributed by atoms with Gasteiger partial charge in [0, 0.05) is 12.5 Å². The highest BCUT2D eigenvalue weighted by molar-refractivity contribution is 4.73. The second-order valence-corrected chi connectivity index (χ2v) is 3.57. The third kappa shape index (κ3) is 4.35. The Kier molecular flexibility index (Phi) is 4.65. The zero-order valence-corrected chi connectivity index (χ0v) is 7.62. The molecular weight excluding hydrogens is 140 g/mol. The molecule has 0 aromatic rings. The third-order valence-electron chi connectivity index (χ3n) is 2.24. The van der Waals surface area contributed by atoms with Crippen molar-refractivity contribution in [3.63, 3.8) is 0 Å². The van der Waals surface area contributed by atoms with Gasteiger partial charge in [-0.05, 0) is 11.8 Å². The third-order valence-corrected chi connectivity index (χ3v) is 2.24. The lowest BCUT2D eigenvalue weighted by atomic mass is 9.89. The smallest absolute Gasteiger partial charge is 0.103 e. The van der Waals surface area contributed by atoms with Crippen molar-refractivity contribution in [3.8, 4) is 0 Å². The molecule has 68 valence electrons. The fraction of sp³-hybridized carbons (Fsp3) is 1.00. The lowest BCUT2D eigenvalue weighted by Crippen LogP contribution is -2.37. The van der Waals surface area contributed by atoms with Crippen molar-refractivity contribution in [1.82, 2.24) is 0 Å². The Morgan fingerprint density at radius 2 is 1.64 bits per heavy atom. The fourth-order valence-electron chi connectivity index (χ4n) is 0.988. The summed E-state index contributed by atoms with van der Waals surface area (Å²) >= 11 is 0. The van der Waals surface area contributed by atoms with E-state index in [9.17, 15) is 0 Å². The van der Waals surface area contributed by atoms with Gasteiger partial charge in [0.1, 0.15) is 6.23 Å². The molecule has 0 radical (unpaired) electrons. The standard InChI is InChI=1S/C8H20N2O/c1-5(2)6(3)7(9)4-8(10)11/h5-8,11H,4,9-10H2,1-3H3. The van der Waals surface area contributed by atoms with Crippen molar-refractivity contribution in [1.29, 1.82) is 0 Å². The van der Waals surface area contributed by atoms with Crippen LogP contribution in [0.5, 0.6) is 0 Å². The topological polar surface area (TPSA) is 72.3 Å². The highest BCUT2D eigenvalue weighted by Gasteiger charge is 2.17. The second kappa shape index (κ2) is 4.70. The SMILES string of the molecule is CC(C)C(C)C(N)CC(N)O. The summed E-state index contributed by atoms with van der Waals surface area (Å²) < 4.78 is 0. The van der Waals surface area contributed by atoms with E-state index in [0.717, 1.165) is 0 Å². The predicted molar refractivity (Wildman–Crippen MR) is 46.8 cm³/mol. The molecule has 11 heavy (non-hydrogen) atoms. The van der Waals surface area contributed by atoms with Gasteiger partial charge in [0.25, 0.3) is 0 Å². The van der Waals surface area contributed by atoms with E-state index in [1.165, 1.54) is 0 Å². The molecular formula is C8H20N2O. The van der Waals surface area contributed by atoms with Gasteiger partial charge >= 0.3 is 0 Å². The molecule has 3 heteroatoms. The van der Waals surface area contributed by atoms with Crippen LogP contribution in [0.4, 0.5) is 0 Å². The molecule has 0 rings (SSSR count). The molecule has 0 aliphatic carbocycles. The molecule has 0 fully saturated rings. The van der Waals surface area contributed by atoms with Crippen LogP contribution in [0.15, 0.2) is 0 Å². The summed E-state index contributed by atoms with van der Waals surface area (Å²) in [6.07, 6.45) is -0.287. The molecule has 0 aromatic carbocycles. The van der Waals surface area contributed by atoms with Crippen LogP contribution in [-0.2, 0) is 0 Å². The molecule has 0 spiro atoms. The Morgan fingerprint density at radius 3 is 1.91 bits per heavy atom. The Balaban J connectivity index is 3.73. The maximum atomic E-state index is 8.85. The number of hydrogen-bond acceptors (Lipinski definition) is 3. The Morgan fingerprint density at radius 1 is 1.18 bits per heavy atom. The van der Waals surface area contributed by atoms with Crippen LogP contribution in [0.25, 0.3) is 0 Å². The van der Waals surface area contributed by atoms with Gasteiger partial charge in [-0.25, -0.2) is 0 Å². The van der Waals surface area contributed by atoms with Crippen LogP contribution in [0.2, 0.25) is 0 Å². The lowest BCUT2D eigenvalue weighted by Gasteiger charge is -2.23. The van der Waals surface area contributed by atoms with Crippen molar-refractivity contribution in [2.75, 3.05) is 0 Å². The van der Waals surface area contributed by atoms with Gasteiger partial charge in [0.15, 0.2) is 0 Å². The van der Waals surface area contributed by atoms with E-state index in [0.29, 0.717) is 18.3 Å². The van der Waals surface area contributed by atoms with Gasteiger partial charge in [-0.1, -0.05) is 20.8 Å². The first kappa shape index (κ1) is 10.9. The van der Waals surface area contributed by atoms with Gasteiger partial charge < -0.3 is 16.6 Å². The first-order chi connectivity index (χ1) is 4.95. The van der Waals surface area contributed by atoms with Crippen LogP contribution < -0.4 is 11.5 Å². The number of aliphatic hydroxyl groups is 1. The van der Waals surface area contributed by atoms with Crippen molar-refractivity contribution in [3.05, 3.63) is 0 Å². The monoisotopic (exact) mass is 160 g/mol. The zero-order chi connectivity index (χ0) is 9.02. The molecule has 0 aliphatic heterocycles. The number of nitrogens with two attached hydrogens (primary N) is 2. The maximum Gasteiger partial charge on any atom is 0.103 e. The molecule has 0 aromatic heterocycles. The average Bonchev–Trinajstić information content (AvgIpc) is 1.84. The van der Waals surface area contributed by atoms with Crippen molar-refractivity contribution < 1.29 is 5.11 Å². The zero-order valence-electron chi connectivity index (χ0n) is 7.62. The molecule has 3 unspecified atom stereocenters. The number of hydrogen-bond donors (Lipinski definition) is 3. The molecule has 5 N–H and O–H groups in total. The lowest BCUT2D eigenvalue weighted by molar-refractivity contribution is 0.146. The Labute approximate surface area is 68.8 Å². The Hall–Kier alpha value is -0.120. The van der Waals surface area contributed by atoms with Gasteiger partial charge in [0.2, 0.25) is 0 Å². The fourth-order valence-corrected chi connectivity index (χ4v) is 0.988. The van der Waals surface area contributed by atoms with E-state index < -0.39 is 6.23 Å². The van der Waals surface area contributed by atoms with Gasteiger partial charge in [-0.2, -0.15) is 0 Å². The quantitative estimate of drug-likeness (QED) is 0.517. The van der Waals surface area contributed by atoms with Gasteiger partial charge in [-0.3, -0.25) is 0 Å². The molecule has 0 heterocycles. The van der Waals surface area contributed by atoms with Crippen LogP contribution in [0.3, 0.4) is 0 Å². The number of rotatable bonds is 4. The summed E-state index contributed by atoms with van der Waals surface area (Å²) in [7, 11) is 0. The van der Waals surface area contributed by atoms with Gasteiger partial charge in [-0.15, -0.1) is 0 Å². The summed E-state index contributed by atoms with van der Waals surface area (Å²) in [6.45, 7) is 6.32. The van der Waals surface area contributed by atoms with E-state index in [4.69, 9.17) is 16.6 Å². The summed E-state index contributed by atoms with van der Waals surface area (Å²) in [5.41, 5.74) is 11.0. The van der Waals surface area contributed by atoms with Crippen molar-refractivity contribution >= 4 is 0 Å². The summed E-state index contributed by atoms with van der Waals surface area (Å²) in [5.74, 6) is 0.956. The first-order valence-electron chi connectivity index (χ1n) is 4.14. The van der Waals surface area contributed by atoms with Crippen LogP contribution >= 0.6 is 0 Å². The maximum absolute atomic E-state index is 8.85. The molecule has 3 nitrogen and oxygen atoms in total. The van der Waals surface area contributed by atoms with Crippen LogP contribution in [0, 0.1) is 11.8 Å². The minimum atomic E-state index is -0.772. The summed E-state index contributed by atoms with van der Waals surface area (Å²) in [4.78, 5) is 0. The summed E-state index contributed by atoms with van der Waals surface area (Å²) in [5, 5.41) is 8.85. The first-order valence-corrected chi connectivity index (χ1v) is 4.14. The molecule has 0 amide bonds. The van der Waals surface area contributed by atoms with E-state index in [2.05, 4.69) is 20.8 Å². The highest BCUT2D eigenvalue weighted by atomic mass is 16.3. The Bertz CT molecular complexity index is 104. The summed E-state index contributed by atoms with van der Waals surface area (Å²) in [6, 6.07) is 0.00926. The number of aliphatic hydroxyl groups excluding tert-OH is 1. The normalized spacial score (nSPS) is 19.9. The van der Waals surface area contributed by atoms with Crippen LogP contribution in [0.1, 0.15) is 27.2 Å². The molecule has 0 bridgehead atoms. The minimum absolute atomic E-state index is 0.00926.